The minimum atomic E-state index is -0.951. The summed E-state index contributed by atoms with van der Waals surface area (Å²) in [6.07, 6.45) is 0. The highest BCUT2D eigenvalue weighted by Crippen LogP contribution is 2.16. The molecule has 0 bridgehead atoms. The number of benzene rings is 1. The fraction of sp³-hybridized carbons (Fsp3) is 0.143. The average molecular weight is 304 g/mol. The lowest BCUT2D eigenvalue weighted by Crippen LogP contribution is -2.21. The number of para-hydroxylation sites is 1. The summed E-state index contributed by atoms with van der Waals surface area (Å²) in [5.41, 5.74) is 1.47. The van der Waals surface area contributed by atoms with Crippen LogP contribution in [0.4, 0.5) is 11.6 Å². The van der Waals surface area contributed by atoms with Crippen molar-refractivity contribution in [2.45, 2.75) is 6.92 Å². The van der Waals surface area contributed by atoms with E-state index in [2.05, 4.69) is 9.73 Å². The summed E-state index contributed by atoms with van der Waals surface area (Å²) in [6.45, 7) is 1.30. The summed E-state index contributed by atoms with van der Waals surface area (Å²) in [7, 11) is 0. The Hall–Kier alpha value is -3.16. The van der Waals surface area contributed by atoms with Gasteiger partial charge >= 0.3 is 11.9 Å². The maximum absolute atomic E-state index is 11.7. The van der Waals surface area contributed by atoms with Gasteiger partial charge in [-0.25, -0.2) is 4.79 Å². The molecule has 1 aromatic carbocycles. The number of carbonyl (C=O) groups excluding carboxylic acids is 2. The lowest BCUT2D eigenvalue weighted by molar-refractivity contribution is -0.402. The number of ether oxygens (including phenoxy) is 1. The number of carbonyl (C=O) groups is 2. The molecule has 8 heteroatoms. The third-order valence-corrected chi connectivity index (χ3v) is 2.73. The maximum Gasteiger partial charge on any atom is 0.433 e. The number of amides is 1. The van der Waals surface area contributed by atoms with E-state index in [4.69, 9.17) is 4.74 Å². The van der Waals surface area contributed by atoms with Crippen molar-refractivity contribution < 1.29 is 23.7 Å². The Kier molecular flexibility index (Phi) is 4.52. The highest BCUT2D eigenvalue weighted by Gasteiger charge is 2.19. The van der Waals surface area contributed by atoms with Gasteiger partial charge in [-0.3, -0.25) is 14.9 Å². The van der Waals surface area contributed by atoms with Crippen LogP contribution in [0.25, 0.3) is 0 Å². The van der Waals surface area contributed by atoms with Crippen molar-refractivity contribution in [2.75, 3.05) is 11.9 Å². The Balaban J connectivity index is 1.89. The number of aryl methyl sites for hydroxylation is 1. The molecule has 0 unspecified atom stereocenters. The Bertz CT molecular complexity index is 722. The van der Waals surface area contributed by atoms with E-state index in [9.17, 15) is 19.7 Å². The van der Waals surface area contributed by atoms with Crippen LogP contribution in [0.2, 0.25) is 0 Å². The largest absolute Gasteiger partial charge is 0.450 e. The van der Waals surface area contributed by atoms with Gasteiger partial charge in [0, 0.05) is 5.69 Å². The van der Waals surface area contributed by atoms with Gasteiger partial charge in [-0.2, -0.15) is 0 Å². The van der Waals surface area contributed by atoms with Crippen LogP contribution in [0.5, 0.6) is 0 Å². The molecule has 114 valence electrons. The number of esters is 1. The van der Waals surface area contributed by atoms with Crippen molar-refractivity contribution >= 4 is 23.4 Å². The van der Waals surface area contributed by atoms with Crippen molar-refractivity contribution in [3.63, 3.8) is 0 Å². The fourth-order valence-corrected chi connectivity index (χ4v) is 1.64. The van der Waals surface area contributed by atoms with Crippen LogP contribution >= 0.6 is 0 Å². The Morgan fingerprint density at radius 1 is 1.27 bits per heavy atom. The SMILES string of the molecule is Cc1ccccc1NC(=O)COC(=O)c1ccc([N+](=O)[O-])o1. The van der Waals surface area contributed by atoms with E-state index in [0.717, 1.165) is 17.7 Å². The maximum atomic E-state index is 11.7. The van der Waals surface area contributed by atoms with E-state index in [1.807, 2.05) is 19.1 Å². The van der Waals surface area contributed by atoms with Gasteiger partial charge in [0.25, 0.3) is 5.91 Å². The van der Waals surface area contributed by atoms with Crippen LogP contribution in [-0.2, 0) is 9.53 Å². The Morgan fingerprint density at radius 2 is 2.00 bits per heavy atom. The second-order valence-electron chi connectivity index (χ2n) is 4.33. The van der Waals surface area contributed by atoms with Gasteiger partial charge in [0.1, 0.15) is 4.92 Å². The minimum absolute atomic E-state index is 0.338. The average Bonchev–Trinajstić information content (AvgIpc) is 2.97. The quantitative estimate of drug-likeness (QED) is 0.515. The number of rotatable bonds is 5. The van der Waals surface area contributed by atoms with Crippen molar-refractivity contribution in [3.05, 3.63) is 57.8 Å². The zero-order chi connectivity index (χ0) is 16.1. The van der Waals surface area contributed by atoms with Crippen LogP contribution in [0.15, 0.2) is 40.8 Å². The predicted molar refractivity (Wildman–Crippen MR) is 75.5 cm³/mol. The minimum Gasteiger partial charge on any atom is -0.450 e. The molecule has 0 saturated carbocycles. The summed E-state index contributed by atoms with van der Waals surface area (Å²) >= 11 is 0. The third kappa shape index (κ3) is 3.69. The molecule has 22 heavy (non-hydrogen) atoms. The van der Waals surface area contributed by atoms with Gasteiger partial charge in [-0.1, -0.05) is 18.2 Å². The summed E-state index contributed by atoms with van der Waals surface area (Å²) in [6, 6.07) is 9.27. The molecule has 2 aromatic rings. The predicted octanol–water partition coefficient (Wildman–Crippen LogP) is 2.29. The molecule has 0 saturated heterocycles. The highest BCUT2D eigenvalue weighted by molar-refractivity contribution is 5.95. The summed E-state index contributed by atoms with van der Waals surface area (Å²) < 4.78 is 9.40. The number of hydrogen-bond donors (Lipinski definition) is 1. The first-order chi connectivity index (χ1) is 10.5. The molecule has 0 aliphatic rings. The zero-order valence-corrected chi connectivity index (χ0v) is 11.6. The normalized spacial score (nSPS) is 10.0. The standard InChI is InChI=1S/C14H12N2O6/c1-9-4-2-3-5-10(9)15-12(17)8-21-14(18)11-6-7-13(22-11)16(19)20/h2-7H,8H2,1H3,(H,15,17). The number of hydrogen-bond acceptors (Lipinski definition) is 6. The smallest absolute Gasteiger partial charge is 0.433 e. The lowest BCUT2D eigenvalue weighted by atomic mass is 10.2. The van der Waals surface area contributed by atoms with Crippen LogP contribution in [0, 0.1) is 17.0 Å². The first kappa shape index (κ1) is 15.2. The van der Waals surface area contributed by atoms with E-state index in [1.54, 1.807) is 12.1 Å². The lowest BCUT2D eigenvalue weighted by Gasteiger charge is -2.07. The van der Waals surface area contributed by atoms with Crippen molar-refractivity contribution in [2.24, 2.45) is 0 Å². The van der Waals surface area contributed by atoms with Crippen LogP contribution in [0.3, 0.4) is 0 Å². The molecule has 1 N–H and O–H groups in total. The van der Waals surface area contributed by atoms with Crippen LogP contribution < -0.4 is 5.32 Å². The number of nitrogens with zero attached hydrogens (tertiary/aromatic N) is 1. The van der Waals surface area contributed by atoms with Gasteiger partial charge in [0.15, 0.2) is 6.61 Å². The molecule has 1 heterocycles. The molecule has 0 radical (unpaired) electrons. The van der Waals surface area contributed by atoms with Gasteiger partial charge in [-0.15, -0.1) is 0 Å². The van der Waals surface area contributed by atoms with E-state index >= 15 is 0 Å². The third-order valence-electron chi connectivity index (χ3n) is 2.73. The van der Waals surface area contributed by atoms with Gasteiger partial charge in [0.05, 0.1) is 6.07 Å². The highest BCUT2D eigenvalue weighted by atomic mass is 16.7. The van der Waals surface area contributed by atoms with E-state index in [-0.39, 0.29) is 5.76 Å². The van der Waals surface area contributed by atoms with Crippen molar-refractivity contribution in [1.82, 2.24) is 0 Å². The molecule has 0 fully saturated rings. The molecule has 8 nitrogen and oxygen atoms in total. The molecule has 2 rings (SSSR count). The van der Waals surface area contributed by atoms with Gasteiger partial charge in [-0.05, 0) is 24.6 Å². The number of furan rings is 1. The number of nitrogens with one attached hydrogen (secondary N) is 1. The molecule has 0 spiro atoms. The van der Waals surface area contributed by atoms with Gasteiger partial charge < -0.3 is 14.5 Å². The Morgan fingerprint density at radius 3 is 2.64 bits per heavy atom. The first-order valence-corrected chi connectivity index (χ1v) is 6.24. The van der Waals surface area contributed by atoms with Gasteiger partial charge in [0.2, 0.25) is 5.76 Å². The summed E-state index contributed by atoms with van der Waals surface area (Å²) in [5.74, 6) is -2.39. The number of anilines is 1. The van der Waals surface area contributed by atoms with E-state index in [1.165, 1.54) is 0 Å². The summed E-state index contributed by atoms with van der Waals surface area (Å²) in [5, 5.41) is 13.0. The Labute approximate surface area is 124 Å². The fourth-order valence-electron chi connectivity index (χ4n) is 1.64. The van der Waals surface area contributed by atoms with Crippen LogP contribution in [-0.4, -0.2) is 23.4 Å². The second-order valence-corrected chi connectivity index (χ2v) is 4.33. The molecular weight excluding hydrogens is 292 g/mol. The summed E-state index contributed by atoms with van der Waals surface area (Å²) in [4.78, 5) is 32.9. The van der Waals surface area contributed by atoms with E-state index < -0.39 is 29.3 Å². The molecular formula is C14H12N2O6. The first-order valence-electron chi connectivity index (χ1n) is 6.24. The van der Waals surface area contributed by atoms with Crippen molar-refractivity contribution in [3.8, 4) is 0 Å². The molecule has 0 aliphatic heterocycles. The van der Waals surface area contributed by atoms with Crippen LogP contribution in [0.1, 0.15) is 16.1 Å². The molecule has 1 aromatic heterocycles. The monoisotopic (exact) mass is 304 g/mol. The molecule has 1 amide bonds. The van der Waals surface area contributed by atoms with E-state index in [0.29, 0.717) is 5.69 Å². The zero-order valence-electron chi connectivity index (χ0n) is 11.6. The molecule has 0 atom stereocenters. The molecule has 0 aliphatic carbocycles. The van der Waals surface area contributed by atoms with Crippen molar-refractivity contribution in [1.29, 1.82) is 0 Å². The second kappa shape index (κ2) is 6.53. The topological polar surface area (TPSA) is 112 Å². The number of nitro groups is 1.